The highest BCUT2D eigenvalue weighted by Gasteiger charge is 2.18. The zero-order valence-electron chi connectivity index (χ0n) is 20.6. The molecule has 0 radical (unpaired) electrons. The maximum Gasteiger partial charge on any atom is 0.0555 e. The summed E-state index contributed by atoms with van der Waals surface area (Å²) in [6.07, 6.45) is 0. The zero-order valence-corrected chi connectivity index (χ0v) is 21.5. The lowest BCUT2D eigenvalue weighted by atomic mass is 10.0. The van der Waals surface area contributed by atoms with Gasteiger partial charge in [-0.1, -0.05) is 103 Å². The third kappa shape index (κ3) is 3.24. The second-order valence-electron chi connectivity index (χ2n) is 9.78. The second-order valence-corrected chi connectivity index (χ2v) is 10.8. The molecule has 0 saturated heterocycles. The molecule has 38 heavy (non-hydrogen) atoms. The molecule has 0 aliphatic carbocycles. The van der Waals surface area contributed by atoms with Gasteiger partial charge in [0, 0.05) is 36.6 Å². The van der Waals surface area contributed by atoms with Crippen molar-refractivity contribution in [1.29, 1.82) is 0 Å². The summed E-state index contributed by atoms with van der Waals surface area (Å²) in [7, 11) is 0. The van der Waals surface area contributed by atoms with Crippen molar-refractivity contribution in [2.45, 2.75) is 0 Å². The van der Waals surface area contributed by atoms with E-state index in [0.717, 1.165) is 0 Å². The standard InChI is InChI=1S/C36H23NS/c1-4-10-24(11-5-1)26-17-21-34-31(22-26)29-19-20-32-35(36(29)38-34)30-18-16-27(25-12-6-2-7-13-25)23-33(30)37(32)28-14-8-3-9-15-28/h1-23H. The fourth-order valence-electron chi connectivity index (χ4n) is 5.81. The van der Waals surface area contributed by atoms with Crippen molar-refractivity contribution in [2.24, 2.45) is 0 Å². The van der Waals surface area contributed by atoms with Crippen LogP contribution in [0.1, 0.15) is 0 Å². The third-order valence-electron chi connectivity index (χ3n) is 7.59. The SMILES string of the molecule is c1ccc(-c2ccc3sc4c(ccc5c4c4ccc(-c6ccccc6)cc4n5-c4ccccc4)c3c2)cc1. The molecule has 0 atom stereocenters. The van der Waals surface area contributed by atoms with E-state index in [9.17, 15) is 0 Å². The molecule has 0 N–H and O–H groups in total. The molecule has 0 amide bonds. The highest BCUT2D eigenvalue weighted by Crippen LogP contribution is 2.44. The lowest BCUT2D eigenvalue weighted by molar-refractivity contribution is 1.18. The normalized spacial score (nSPS) is 11.7. The van der Waals surface area contributed by atoms with Gasteiger partial charge in [0.1, 0.15) is 0 Å². The van der Waals surface area contributed by atoms with Gasteiger partial charge in [-0.25, -0.2) is 0 Å². The zero-order chi connectivity index (χ0) is 25.1. The summed E-state index contributed by atoms with van der Waals surface area (Å²) in [4.78, 5) is 0. The van der Waals surface area contributed by atoms with Crippen molar-refractivity contribution in [2.75, 3.05) is 0 Å². The summed E-state index contributed by atoms with van der Waals surface area (Å²) < 4.78 is 5.11. The Bertz CT molecular complexity index is 2100. The van der Waals surface area contributed by atoms with Crippen LogP contribution in [-0.2, 0) is 0 Å². The summed E-state index contributed by atoms with van der Waals surface area (Å²) >= 11 is 1.91. The largest absolute Gasteiger partial charge is 0.309 e. The van der Waals surface area contributed by atoms with Crippen LogP contribution in [0.5, 0.6) is 0 Å². The third-order valence-corrected chi connectivity index (χ3v) is 8.80. The summed E-state index contributed by atoms with van der Waals surface area (Å²) in [5.41, 5.74) is 8.66. The number of fused-ring (bicyclic) bond motifs is 7. The molecule has 2 aromatic heterocycles. The number of aromatic nitrogens is 1. The van der Waals surface area contributed by atoms with Crippen molar-refractivity contribution in [3.05, 3.63) is 140 Å². The molecular weight excluding hydrogens is 478 g/mol. The highest BCUT2D eigenvalue weighted by molar-refractivity contribution is 7.26. The molecule has 0 aliphatic heterocycles. The topological polar surface area (TPSA) is 4.93 Å². The van der Waals surface area contributed by atoms with E-state index in [1.165, 1.54) is 69.9 Å². The van der Waals surface area contributed by atoms with Gasteiger partial charge in [0.05, 0.1) is 11.0 Å². The van der Waals surface area contributed by atoms with E-state index in [0.29, 0.717) is 0 Å². The number of para-hydroxylation sites is 1. The van der Waals surface area contributed by atoms with Crippen molar-refractivity contribution >= 4 is 53.3 Å². The number of benzene rings is 6. The molecule has 2 heterocycles. The van der Waals surface area contributed by atoms with Crippen LogP contribution in [0.25, 0.3) is 69.9 Å². The number of rotatable bonds is 3. The predicted molar refractivity (Wildman–Crippen MR) is 165 cm³/mol. The predicted octanol–water partition coefficient (Wildman–Crippen LogP) is 10.5. The van der Waals surface area contributed by atoms with Crippen molar-refractivity contribution < 1.29 is 0 Å². The van der Waals surface area contributed by atoms with E-state index in [1.807, 2.05) is 11.3 Å². The van der Waals surface area contributed by atoms with E-state index in [2.05, 4.69) is 144 Å². The molecular formula is C36H23NS. The van der Waals surface area contributed by atoms with Crippen LogP contribution in [0.4, 0.5) is 0 Å². The van der Waals surface area contributed by atoms with Crippen LogP contribution in [-0.4, -0.2) is 4.57 Å². The second kappa shape index (κ2) is 8.44. The van der Waals surface area contributed by atoms with Gasteiger partial charge in [-0.05, 0) is 58.7 Å². The Morgan fingerprint density at radius 1 is 0.421 bits per heavy atom. The molecule has 0 unspecified atom stereocenters. The first-order chi connectivity index (χ1) is 18.8. The fraction of sp³-hybridized carbons (Fsp3) is 0. The van der Waals surface area contributed by atoms with E-state index >= 15 is 0 Å². The smallest absolute Gasteiger partial charge is 0.0555 e. The molecule has 2 heteroatoms. The lowest BCUT2D eigenvalue weighted by Gasteiger charge is -2.09. The van der Waals surface area contributed by atoms with Crippen LogP contribution in [0, 0.1) is 0 Å². The monoisotopic (exact) mass is 501 g/mol. The van der Waals surface area contributed by atoms with Gasteiger partial charge in [0.25, 0.3) is 0 Å². The molecule has 0 spiro atoms. The summed E-state index contributed by atoms with van der Waals surface area (Å²) in [6.45, 7) is 0. The number of nitrogens with zero attached hydrogens (tertiary/aromatic N) is 1. The van der Waals surface area contributed by atoms with E-state index < -0.39 is 0 Å². The number of hydrogen-bond acceptors (Lipinski definition) is 1. The van der Waals surface area contributed by atoms with Crippen LogP contribution >= 0.6 is 11.3 Å². The first-order valence-corrected chi connectivity index (χ1v) is 13.8. The highest BCUT2D eigenvalue weighted by atomic mass is 32.1. The first-order valence-electron chi connectivity index (χ1n) is 12.9. The minimum Gasteiger partial charge on any atom is -0.309 e. The van der Waals surface area contributed by atoms with Gasteiger partial charge in [-0.3, -0.25) is 0 Å². The molecule has 8 rings (SSSR count). The molecule has 6 aromatic carbocycles. The maximum absolute atomic E-state index is 2.43. The quantitative estimate of drug-likeness (QED) is 0.227. The Kier molecular flexibility index (Phi) is 4.76. The first kappa shape index (κ1) is 21.4. The van der Waals surface area contributed by atoms with Crippen molar-refractivity contribution in [3.63, 3.8) is 0 Å². The Morgan fingerprint density at radius 3 is 1.74 bits per heavy atom. The average Bonchev–Trinajstić information content (AvgIpc) is 3.53. The van der Waals surface area contributed by atoms with Gasteiger partial charge in [-0.15, -0.1) is 11.3 Å². The Morgan fingerprint density at radius 2 is 1.03 bits per heavy atom. The molecule has 8 aromatic rings. The van der Waals surface area contributed by atoms with Crippen molar-refractivity contribution in [1.82, 2.24) is 4.57 Å². The molecule has 0 saturated carbocycles. The molecule has 1 nitrogen and oxygen atoms in total. The van der Waals surface area contributed by atoms with E-state index in [-0.39, 0.29) is 0 Å². The van der Waals surface area contributed by atoms with Gasteiger partial charge in [-0.2, -0.15) is 0 Å². The molecule has 0 bridgehead atoms. The Labute approximate surface area is 224 Å². The Balaban J connectivity index is 1.46. The lowest BCUT2D eigenvalue weighted by Crippen LogP contribution is -1.93. The number of thiophene rings is 1. The molecule has 0 fully saturated rings. The van der Waals surface area contributed by atoms with Crippen LogP contribution < -0.4 is 0 Å². The van der Waals surface area contributed by atoms with Crippen LogP contribution in [0.3, 0.4) is 0 Å². The van der Waals surface area contributed by atoms with E-state index in [4.69, 9.17) is 0 Å². The van der Waals surface area contributed by atoms with E-state index in [1.54, 1.807) is 0 Å². The van der Waals surface area contributed by atoms with Crippen molar-refractivity contribution in [3.8, 4) is 27.9 Å². The minimum atomic E-state index is 1.18. The van der Waals surface area contributed by atoms with Gasteiger partial charge < -0.3 is 4.57 Å². The summed E-state index contributed by atoms with van der Waals surface area (Å²) in [5, 5.41) is 5.29. The van der Waals surface area contributed by atoms with Gasteiger partial charge in [0.2, 0.25) is 0 Å². The number of hydrogen-bond donors (Lipinski definition) is 0. The summed E-state index contributed by atoms with van der Waals surface area (Å²) in [6, 6.07) is 50.5. The Hall–Kier alpha value is -4.66. The molecule has 0 aliphatic rings. The van der Waals surface area contributed by atoms with Gasteiger partial charge >= 0.3 is 0 Å². The minimum absolute atomic E-state index is 1.18. The molecule has 178 valence electrons. The van der Waals surface area contributed by atoms with Crippen LogP contribution in [0.2, 0.25) is 0 Å². The maximum atomic E-state index is 2.43. The summed E-state index contributed by atoms with van der Waals surface area (Å²) in [5.74, 6) is 0. The average molecular weight is 502 g/mol. The van der Waals surface area contributed by atoms with Gasteiger partial charge in [0.15, 0.2) is 0 Å². The fourth-order valence-corrected chi connectivity index (χ4v) is 7.05. The van der Waals surface area contributed by atoms with Crippen LogP contribution in [0.15, 0.2) is 140 Å².